The number of amides is 2. The Bertz CT molecular complexity index is 669. The second-order valence-corrected chi connectivity index (χ2v) is 6.53. The van der Waals surface area contributed by atoms with Gasteiger partial charge in [-0.2, -0.15) is 0 Å². The van der Waals surface area contributed by atoms with Gasteiger partial charge in [-0.15, -0.1) is 0 Å². The molecule has 0 aromatic heterocycles. The zero-order valence-corrected chi connectivity index (χ0v) is 14.9. The lowest BCUT2D eigenvalue weighted by atomic mass is 9.97. The van der Waals surface area contributed by atoms with Crippen molar-refractivity contribution >= 4 is 11.8 Å². The molecule has 2 rings (SSSR count). The van der Waals surface area contributed by atoms with Crippen LogP contribution in [0.2, 0.25) is 0 Å². The SMILES string of the molecule is CC(C)C[C@H](NC(=O)CCNC(=O)c1ccccc1)c1ccccc1. The number of hydrogen-bond acceptors (Lipinski definition) is 2. The molecule has 2 aromatic carbocycles. The average molecular weight is 338 g/mol. The van der Waals surface area contributed by atoms with Crippen molar-refractivity contribution in [1.82, 2.24) is 10.6 Å². The Morgan fingerprint density at radius 3 is 2.12 bits per heavy atom. The van der Waals surface area contributed by atoms with Gasteiger partial charge in [0.2, 0.25) is 5.91 Å². The average Bonchev–Trinajstić information content (AvgIpc) is 2.62. The van der Waals surface area contributed by atoms with E-state index in [0.717, 1.165) is 12.0 Å². The summed E-state index contributed by atoms with van der Waals surface area (Å²) in [6, 6.07) is 19.0. The smallest absolute Gasteiger partial charge is 0.251 e. The summed E-state index contributed by atoms with van der Waals surface area (Å²) in [5.41, 5.74) is 1.71. The van der Waals surface area contributed by atoms with E-state index in [0.29, 0.717) is 18.0 Å². The van der Waals surface area contributed by atoms with Gasteiger partial charge in [0.1, 0.15) is 0 Å². The number of carbonyl (C=O) groups is 2. The molecule has 4 nitrogen and oxygen atoms in total. The molecular formula is C21H26N2O2. The van der Waals surface area contributed by atoms with Crippen molar-refractivity contribution in [2.45, 2.75) is 32.7 Å². The molecule has 1 atom stereocenters. The van der Waals surface area contributed by atoms with Crippen LogP contribution in [0.25, 0.3) is 0 Å². The van der Waals surface area contributed by atoms with Gasteiger partial charge >= 0.3 is 0 Å². The van der Waals surface area contributed by atoms with Gasteiger partial charge in [0, 0.05) is 18.5 Å². The summed E-state index contributed by atoms with van der Waals surface area (Å²) >= 11 is 0. The predicted octanol–water partition coefficient (Wildman–Crippen LogP) is 3.71. The molecule has 0 saturated carbocycles. The first-order valence-corrected chi connectivity index (χ1v) is 8.74. The van der Waals surface area contributed by atoms with E-state index < -0.39 is 0 Å². The zero-order chi connectivity index (χ0) is 18.1. The Kier molecular flexibility index (Phi) is 7.20. The summed E-state index contributed by atoms with van der Waals surface area (Å²) in [5, 5.41) is 5.87. The molecule has 0 fully saturated rings. The fourth-order valence-corrected chi connectivity index (χ4v) is 2.68. The van der Waals surface area contributed by atoms with Crippen LogP contribution in [0.3, 0.4) is 0 Å². The van der Waals surface area contributed by atoms with Crippen LogP contribution in [0.1, 0.15) is 48.7 Å². The van der Waals surface area contributed by atoms with Gasteiger partial charge in [-0.3, -0.25) is 9.59 Å². The number of hydrogen-bond donors (Lipinski definition) is 2. The van der Waals surface area contributed by atoms with E-state index in [1.807, 2.05) is 48.5 Å². The minimum Gasteiger partial charge on any atom is -0.352 e. The molecule has 0 aliphatic rings. The molecule has 0 radical (unpaired) electrons. The first kappa shape index (κ1) is 18.7. The molecule has 0 bridgehead atoms. The maximum Gasteiger partial charge on any atom is 0.251 e. The van der Waals surface area contributed by atoms with Crippen LogP contribution in [0, 0.1) is 5.92 Å². The predicted molar refractivity (Wildman–Crippen MR) is 100 cm³/mol. The van der Waals surface area contributed by atoms with E-state index in [4.69, 9.17) is 0 Å². The summed E-state index contributed by atoms with van der Waals surface area (Å²) in [4.78, 5) is 24.2. The van der Waals surface area contributed by atoms with Crippen LogP contribution in [0.4, 0.5) is 0 Å². The molecule has 2 aromatic rings. The third-order valence-electron chi connectivity index (χ3n) is 3.92. The standard InChI is InChI=1S/C21H26N2O2/c1-16(2)15-19(17-9-5-3-6-10-17)23-20(24)13-14-22-21(25)18-11-7-4-8-12-18/h3-12,16,19H,13-15H2,1-2H3,(H,22,25)(H,23,24)/t19-/m0/s1. The Hall–Kier alpha value is -2.62. The molecule has 0 aliphatic carbocycles. The highest BCUT2D eigenvalue weighted by atomic mass is 16.2. The Labute approximate surface area is 149 Å². The monoisotopic (exact) mass is 338 g/mol. The van der Waals surface area contributed by atoms with Crippen molar-refractivity contribution in [2.24, 2.45) is 5.92 Å². The van der Waals surface area contributed by atoms with Crippen molar-refractivity contribution < 1.29 is 9.59 Å². The van der Waals surface area contributed by atoms with Crippen LogP contribution in [0.15, 0.2) is 60.7 Å². The molecule has 25 heavy (non-hydrogen) atoms. The van der Waals surface area contributed by atoms with Gasteiger partial charge in [0.15, 0.2) is 0 Å². The topological polar surface area (TPSA) is 58.2 Å². The van der Waals surface area contributed by atoms with Crippen molar-refractivity contribution in [1.29, 1.82) is 0 Å². The summed E-state index contributed by atoms with van der Waals surface area (Å²) in [5.74, 6) is 0.265. The minimum atomic E-state index is -0.157. The highest BCUT2D eigenvalue weighted by Crippen LogP contribution is 2.21. The van der Waals surface area contributed by atoms with Crippen LogP contribution >= 0.6 is 0 Å². The number of carbonyl (C=O) groups excluding carboxylic acids is 2. The molecule has 132 valence electrons. The first-order chi connectivity index (χ1) is 12.1. The van der Waals surface area contributed by atoms with Gasteiger partial charge in [-0.05, 0) is 30.0 Å². The van der Waals surface area contributed by atoms with E-state index in [2.05, 4.69) is 24.5 Å². The van der Waals surface area contributed by atoms with Crippen molar-refractivity contribution in [3.8, 4) is 0 Å². The summed E-state index contributed by atoms with van der Waals surface area (Å²) < 4.78 is 0. The molecule has 2 amide bonds. The van der Waals surface area contributed by atoms with Crippen LogP contribution in [0.5, 0.6) is 0 Å². The van der Waals surface area contributed by atoms with E-state index in [9.17, 15) is 9.59 Å². The van der Waals surface area contributed by atoms with E-state index in [1.54, 1.807) is 12.1 Å². The van der Waals surface area contributed by atoms with Crippen LogP contribution in [-0.2, 0) is 4.79 Å². The molecule has 0 heterocycles. The Morgan fingerprint density at radius 2 is 1.52 bits per heavy atom. The molecule has 0 unspecified atom stereocenters. The van der Waals surface area contributed by atoms with Crippen LogP contribution in [-0.4, -0.2) is 18.4 Å². The Balaban J connectivity index is 1.84. The summed E-state index contributed by atoms with van der Waals surface area (Å²) in [7, 11) is 0. The lowest BCUT2D eigenvalue weighted by Gasteiger charge is -2.21. The normalized spacial score (nSPS) is 11.8. The van der Waals surface area contributed by atoms with Crippen LogP contribution < -0.4 is 10.6 Å². The second kappa shape index (κ2) is 9.62. The largest absolute Gasteiger partial charge is 0.352 e. The van der Waals surface area contributed by atoms with Crippen molar-refractivity contribution in [3.63, 3.8) is 0 Å². The maximum atomic E-state index is 12.3. The molecule has 2 N–H and O–H groups in total. The summed E-state index contributed by atoms with van der Waals surface area (Å²) in [6.45, 7) is 4.60. The van der Waals surface area contributed by atoms with Crippen molar-refractivity contribution in [3.05, 3.63) is 71.8 Å². The fraction of sp³-hybridized carbons (Fsp3) is 0.333. The molecule has 0 saturated heterocycles. The Morgan fingerprint density at radius 1 is 0.920 bits per heavy atom. The van der Waals surface area contributed by atoms with E-state index >= 15 is 0 Å². The molecule has 0 aliphatic heterocycles. The van der Waals surface area contributed by atoms with Gasteiger partial charge in [-0.25, -0.2) is 0 Å². The number of nitrogens with one attached hydrogen (secondary N) is 2. The minimum absolute atomic E-state index is 0.00137. The molecular weight excluding hydrogens is 312 g/mol. The van der Waals surface area contributed by atoms with Gasteiger partial charge in [0.05, 0.1) is 6.04 Å². The highest BCUT2D eigenvalue weighted by molar-refractivity contribution is 5.94. The molecule has 4 heteroatoms. The lowest BCUT2D eigenvalue weighted by Crippen LogP contribution is -2.33. The number of benzene rings is 2. The van der Waals surface area contributed by atoms with Crippen molar-refractivity contribution in [2.75, 3.05) is 6.54 Å². The molecule has 0 spiro atoms. The lowest BCUT2D eigenvalue weighted by molar-refractivity contribution is -0.121. The summed E-state index contributed by atoms with van der Waals surface area (Å²) in [6.07, 6.45) is 1.14. The van der Waals surface area contributed by atoms with Gasteiger partial charge in [0.25, 0.3) is 5.91 Å². The first-order valence-electron chi connectivity index (χ1n) is 8.74. The third kappa shape index (κ3) is 6.42. The highest BCUT2D eigenvalue weighted by Gasteiger charge is 2.16. The fourth-order valence-electron chi connectivity index (χ4n) is 2.68. The maximum absolute atomic E-state index is 12.3. The number of rotatable bonds is 8. The zero-order valence-electron chi connectivity index (χ0n) is 14.9. The quantitative estimate of drug-likeness (QED) is 0.771. The van der Waals surface area contributed by atoms with E-state index in [1.165, 1.54) is 0 Å². The van der Waals surface area contributed by atoms with Gasteiger partial charge < -0.3 is 10.6 Å². The van der Waals surface area contributed by atoms with Gasteiger partial charge in [-0.1, -0.05) is 62.4 Å². The van der Waals surface area contributed by atoms with E-state index in [-0.39, 0.29) is 24.3 Å². The second-order valence-electron chi connectivity index (χ2n) is 6.53. The third-order valence-corrected chi connectivity index (χ3v) is 3.92.